The largest absolute Gasteiger partial charge is 0.496 e. The lowest BCUT2D eigenvalue weighted by atomic mass is 10.1. The van der Waals surface area contributed by atoms with Crippen molar-refractivity contribution in [3.05, 3.63) is 23.3 Å². The van der Waals surface area contributed by atoms with Gasteiger partial charge in [-0.2, -0.15) is 0 Å². The van der Waals surface area contributed by atoms with Gasteiger partial charge in [0.15, 0.2) is 0 Å². The summed E-state index contributed by atoms with van der Waals surface area (Å²) in [4.78, 5) is 22.7. The van der Waals surface area contributed by atoms with E-state index in [9.17, 15) is 9.59 Å². The lowest BCUT2D eigenvalue weighted by Gasteiger charge is -2.14. The first-order valence-electron chi connectivity index (χ1n) is 5.04. The number of esters is 1. The zero-order valence-electron chi connectivity index (χ0n) is 10.3. The first-order chi connectivity index (χ1) is 8.01. The summed E-state index contributed by atoms with van der Waals surface area (Å²) in [5.41, 5.74) is 1.36. The molecule has 0 spiro atoms. The maximum absolute atomic E-state index is 11.7. The van der Waals surface area contributed by atoms with Crippen LogP contribution >= 0.6 is 0 Å². The van der Waals surface area contributed by atoms with E-state index >= 15 is 0 Å². The number of nitrogens with one attached hydrogen (secondary N) is 1. The second kappa shape index (κ2) is 5.34. The Labute approximate surface area is 99.7 Å². The van der Waals surface area contributed by atoms with Gasteiger partial charge in [-0.15, -0.1) is 0 Å². The third kappa shape index (κ3) is 2.75. The number of hydrogen-bond acceptors (Lipinski definition) is 4. The molecule has 1 aromatic carbocycles. The molecule has 0 aliphatic rings. The molecule has 0 atom stereocenters. The number of amides is 1. The van der Waals surface area contributed by atoms with Crippen LogP contribution in [0.3, 0.4) is 0 Å². The molecule has 5 heteroatoms. The van der Waals surface area contributed by atoms with Crippen LogP contribution in [0.1, 0.15) is 22.8 Å². The number of benzene rings is 1. The smallest absolute Gasteiger partial charge is 0.340 e. The van der Waals surface area contributed by atoms with Gasteiger partial charge in [0.1, 0.15) is 5.75 Å². The minimum Gasteiger partial charge on any atom is -0.496 e. The third-order valence-electron chi connectivity index (χ3n) is 2.34. The highest BCUT2D eigenvalue weighted by Crippen LogP contribution is 2.28. The maximum Gasteiger partial charge on any atom is 0.340 e. The zero-order chi connectivity index (χ0) is 13.0. The Morgan fingerprint density at radius 1 is 1.24 bits per heavy atom. The van der Waals surface area contributed by atoms with E-state index in [1.807, 2.05) is 0 Å². The molecule has 0 aliphatic heterocycles. The molecule has 0 radical (unpaired) electrons. The number of hydrogen-bond donors (Lipinski definition) is 1. The summed E-state index contributed by atoms with van der Waals surface area (Å²) in [6.45, 7) is 3.11. The van der Waals surface area contributed by atoms with Crippen molar-refractivity contribution in [2.24, 2.45) is 0 Å². The van der Waals surface area contributed by atoms with Gasteiger partial charge in [-0.3, -0.25) is 4.79 Å². The average molecular weight is 237 g/mol. The van der Waals surface area contributed by atoms with Gasteiger partial charge in [0.2, 0.25) is 5.91 Å². The Morgan fingerprint density at radius 2 is 1.88 bits per heavy atom. The Balaban J connectivity index is 3.35. The molecule has 0 unspecified atom stereocenters. The van der Waals surface area contributed by atoms with E-state index in [1.54, 1.807) is 19.1 Å². The molecule has 0 saturated carbocycles. The predicted octanol–water partition coefficient (Wildman–Crippen LogP) is 1.75. The van der Waals surface area contributed by atoms with E-state index in [-0.39, 0.29) is 5.91 Å². The summed E-state index contributed by atoms with van der Waals surface area (Å²) in [6.07, 6.45) is 0. The van der Waals surface area contributed by atoms with E-state index in [0.29, 0.717) is 22.6 Å². The van der Waals surface area contributed by atoms with Crippen molar-refractivity contribution in [3.8, 4) is 5.75 Å². The molecule has 0 heterocycles. The second-order valence-electron chi connectivity index (χ2n) is 3.49. The minimum absolute atomic E-state index is 0.250. The fourth-order valence-electron chi connectivity index (χ4n) is 1.57. The SMILES string of the molecule is COC(=O)c1c(NC(C)=O)ccc(OC)c1C. The molecule has 5 nitrogen and oxygen atoms in total. The van der Waals surface area contributed by atoms with E-state index in [4.69, 9.17) is 9.47 Å². The molecule has 0 aromatic heterocycles. The number of ether oxygens (including phenoxy) is 2. The normalized spacial score (nSPS) is 9.65. The maximum atomic E-state index is 11.7. The van der Waals surface area contributed by atoms with Gasteiger partial charge in [0.25, 0.3) is 0 Å². The van der Waals surface area contributed by atoms with Gasteiger partial charge in [-0.25, -0.2) is 4.79 Å². The van der Waals surface area contributed by atoms with E-state index in [1.165, 1.54) is 21.1 Å². The van der Waals surface area contributed by atoms with E-state index < -0.39 is 5.97 Å². The van der Waals surface area contributed by atoms with Gasteiger partial charge in [-0.1, -0.05) is 0 Å². The van der Waals surface area contributed by atoms with Crippen molar-refractivity contribution in [1.29, 1.82) is 0 Å². The van der Waals surface area contributed by atoms with Crippen LogP contribution in [0.15, 0.2) is 12.1 Å². The summed E-state index contributed by atoms with van der Waals surface area (Å²) >= 11 is 0. The molecular weight excluding hydrogens is 222 g/mol. The monoisotopic (exact) mass is 237 g/mol. The van der Waals surface area contributed by atoms with Crippen LogP contribution in [0.5, 0.6) is 5.75 Å². The third-order valence-corrected chi connectivity index (χ3v) is 2.34. The van der Waals surface area contributed by atoms with Gasteiger partial charge >= 0.3 is 5.97 Å². The number of rotatable bonds is 3. The van der Waals surface area contributed by atoms with Crippen LogP contribution in [0.4, 0.5) is 5.69 Å². The molecule has 17 heavy (non-hydrogen) atoms. The van der Waals surface area contributed by atoms with Crippen molar-refractivity contribution in [1.82, 2.24) is 0 Å². The van der Waals surface area contributed by atoms with Gasteiger partial charge in [-0.05, 0) is 19.1 Å². The Bertz CT molecular complexity index is 454. The molecule has 1 amide bonds. The Kier molecular flexibility index (Phi) is 4.09. The predicted molar refractivity (Wildman–Crippen MR) is 63.4 cm³/mol. The first kappa shape index (κ1) is 13.0. The fraction of sp³-hybridized carbons (Fsp3) is 0.333. The number of carbonyl (C=O) groups is 2. The van der Waals surface area contributed by atoms with E-state index in [0.717, 1.165) is 0 Å². The summed E-state index contributed by atoms with van der Waals surface area (Å²) < 4.78 is 9.81. The van der Waals surface area contributed by atoms with Crippen molar-refractivity contribution in [3.63, 3.8) is 0 Å². The number of carbonyl (C=O) groups excluding carboxylic acids is 2. The summed E-state index contributed by atoms with van der Waals surface area (Å²) in [6, 6.07) is 3.30. The fourth-order valence-corrected chi connectivity index (χ4v) is 1.57. The Hall–Kier alpha value is -2.04. The van der Waals surface area contributed by atoms with Crippen LogP contribution in [-0.2, 0) is 9.53 Å². The van der Waals surface area contributed by atoms with Crippen LogP contribution < -0.4 is 10.1 Å². The van der Waals surface area contributed by atoms with Crippen molar-refractivity contribution < 1.29 is 19.1 Å². The molecule has 1 aromatic rings. The first-order valence-corrected chi connectivity index (χ1v) is 5.04. The second-order valence-corrected chi connectivity index (χ2v) is 3.49. The lowest BCUT2D eigenvalue weighted by Crippen LogP contribution is -2.13. The number of methoxy groups -OCH3 is 2. The van der Waals surface area contributed by atoms with Gasteiger partial charge in [0.05, 0.1) is 25.5 Å². The lowest BCUT2D eigenvalue weighted by molar-refractivity contribution is -0.114. The van der Waals surface area contributed by atoms with Gasteiger partial charge in [0, 0.05) is 12.5 Å². The molecule has 1 N–H and O–H groups in total. The molecular formula is C12H15NO4. The van der Waals surface area contributed by atoms with E-state index in [2.05, 4.69) is 5.32 Å². The minimum atomic E-state index is -0.509. The molecule has 0 aliphatic carbocycles. The highest BCUT2D eigenvalue weighted by atomic mass is 16.5. The molecule has 0 bridgehead atoms. The molecule has 0 fully saturated rings. The Morgan fingerprint density at radius 3 is 2.35 bits per heavy atom. The zero-order valence-corrected chi connectivity index (χ0v) is 10.3. The van der Waals surface area contributed by atoms with Gasteiger partial charge < -0.3 is 14.8 Å². The standard InChI is InChI=1S/C12H15NO4/c1-7-10(16-3)6-5-9(13-8(2)14)11(7)12(15)17-4/h5-6H,1-4H3,(H,13,14). The van der Waals surface area contributed by atoms with Crippen molar-refractivity contribution >= 4 is 17.6 Å². The number of anilines is 1. The van der Waals surface area contributed by atoms with Crippen molar-refractivity contribution in [2.75, 3.05) is 19.5 Å². The van der Waals surface area contributed by atoms with Crippen LogP contribution in [0.2, 0.25) is 0 Å². The quantitative estimate of drug-likeness (QED) is 0.813. The molecule has 1 rings (SSSR count). The summed E-state index contributed by atoms with van der Waals surface area (Å²) in [5, 5.41) is 2.59. The molecule has 92 valence electrons. The van der Waals surface area contributed by atoms with Crippen molar-refractivity contribution in [2.45, 2.75) is 13.8 Å². The highest BCUT2D eigenvalue weighted by Gasteiger charge is 2.18. The molecule has 0 saturated heterocycles. The summed E-state index contributed by atoms with van der Waals surface area (Å²) in [7, 11) is 2.81. The van der Waals surface area contributed by atoms with Crippen LogP contribution in [0.25, 0.3) is 0 Å². The highest BCUT2D eigenvalue weighted by molar-refractivity contribution is 6.02. The summed E-state index contributed by atoms with van der Waals surface area (Å²) in [5.74, 6) is -0.190. The van der Waals surface area contributed by atoms with Crippen LogP contribution in [-0.4, -0.2) is 26.1 Å². The topological polar surface area (TPSA) is 64.6 Å². The average Bonchev–Trinajstić information content (AvgIpc) is 2.28. The van der Waals surface area contributed by atoms with Crippen LogP contribution in [0, 0.1) is 6.92 Å².